The van der Waals surface area contributed by atoms with Crippen molar-refractivity contribution in [2.75, 3.05) is 19.6 Å². The van der Waals surface area contributed by atoms with Crippen molar-refractivity contribution >= 4 is 17.6 Å². The van der Waals surface area contributed by atoms with E-state index in [0.29, 0.717) is 18.1 Å². The largest absolute Gasteiger partial charge is 0.492 e. The number of hydrogen-bond donors (Lipinski definition) is 0. The number of methoxy groups -OCH3 is 1. The van der Waals surface area contributed by atoms with Crippen molar-refractivity contribution in [3.05, 3.63) is 28.8 Å². The quantitative estimate of drug-likeness (QED) is 0.602. The first kappa shape index (κ1) is 12.8. The normalized spacial score (nSPS) is 10.0. The third-order valence-corrected chi connectivity index (χ3v) is 2.36. The highest BCUT2D eigenvalue weighted by molar-refractivity contribution is 6.18. The molecule has 0 bridgehead atoms. The molecule has 0 saturated heterocycles. The third-order valence-electron chi connectivity index (χ3n) is 2.20. The van der Waals surface area contributed by atoms with E-state index in [1.54, 1.807) is 12.1 Å². The fourth-order valence-corrected chi connectivity index (χ4v) is 1.63. The Morgan fingerprint density at radius 1 is 1.31 bits per heavy atom. The molecule has 0 aromatic heterocycles. The second-order valence-corrected chi connectivity index (χ2v) is 3.85. The van der Waals surface area contributed by atoms with E-state index in [4.69, 9.17) is 16.3 Å². The van der Waals surface area contributed by atoms with Crippen molar-refractivity contribution in [3.8, 4) is 5.75 Å². The van der Waals surface area contributed by atoms with Gasteiger partial charge >= 0.3 is 5.97 Å². The average molecular weight is 243 g/mol. The van der Waals surface area contributed by atoms with E-state index in [1.807, 2.05) is 13.8 Å². The van der Waals surface area contributed by atoms with E-state index in [9.17, 15) is 4.79 Å². The van der Waals surface area contributed by atoms with Crippen LogP contribution in [-0.4, -0.2) is 25.6 Å². The van der Waals surface area contributed by atoms with Crippen molar-refractivity contribution in [2.24, 2.45) is 0 Å². The van der Waals surface area contributed by atoms with Crippen LogP contribution in [-0.2, 0) is 4.74 Å². The maximum atomic E-state index is 11.4. The molecule has 0 saturated carbocycles. The molecular formula is C12H15ClO3. The first-order valence-corrected chi connectivity index (χ1v) is 5.52. The minimum absolute atomic E-state index is 0.338. The average Bonchev–Trinajstić information content (AvgIpc) is 2.26. The van der Waals surface area contributed by atoms with Gasteiger partial charge in [0.2, 0.25) is 0 Å². The summed E-state index contributed by atoms with van der Waals surface area (Å²) in [7, 11) is 1.37. The van der Waals surface area contributed by atoms with Gasteiger partial charge in [-0.25, -0.2) is 4.79 Å². The number of halogens is 1. The van der Waals surface area contributed by atoms with Crippen LogP contribution in [0.2, 0.25) is 0 Å². The van der Waals surface area contributed by atoms with Crippen LogP contribution in [0.25, 0.3) is 0 Å². The van der Waals surface area contributed by atoms with Crippen LogP contribution in [0.3, 0.4) is 0 Å². The summed E-state index contributed by atoms with van der Waals surface area (Å²) in [4.78, 5) is 11.4. The number of carbonyl (C=O) groups excluding carboxylic acids is 1. The van der Waals surface area contributed by atoms with Gasteiger partial charge in [-0.05, 0) is 37.1 Å². The molecule has 0 spiro atoms. The van der Waals surface area contributed by atoms with Crippen LogP contribution in [0.1, 0.15) is 21.5 Å². The summed E-state index contributed by atoms with van der Waals surface area (Å²) in [6.45, 7) is 4.24. The SMILES string of the molecule is COC(=O)c1cc(C)c(OCCCl)c(C)c1. The number of benzene rings is 1. The molecule has 0 aliphatic rings. The molecule has 0 fully saturated rings. The number of rotatable bonds is 4. The molecule has 0 atom stereocenters. The molecule has 4 heteroatoms. The van der Waals surface area contributed by atoms with Gasteiger partial charge in [0.25, 0.3) is 0 Å². The fourth-order valence-electron chi connectivity index (χ4n) is 1.55. The number of alkyl halides is 1. The van der Waals surface area contributed by atoms with Crippen LogP contribution in [0.4, 0.5) is 0 Å². The van der Waals surface area contributed by atoms with Gasteiger partial charge in [0.15, 0.2) is 0 Å². The van der Waals surface area contributed by atoms with Crippen molar-refractivity contribution in [3.63, 3.8) is 0 Å². The van der Waals surface area contributed by atoms with Gasteiger partial charge in [-0.3, -0.25) is 0 Å². The number of esters is 1. The molecule has 0 unspecified atom stereocenters. The zero-order valence-electron chi connectivity index (χ0n) is 9.67. The zero-order chi connectivity index (χ0) is 12.1. The van der Waals surface area contributed by atoms with Gasteiger partial charge < -0.3 is 9.47 Å². The summed E-state index contributed by atoms with van der Waals surface area (Å²) in [5, 5.41) is 0. The van der Waals surface area contributed by atoms with E-state index < -0.39 is 0 Å². The molecule has 0 amide bonds. The highest BCUT2D eigenvalue weighted by Gasteiger charge is 2.11. The van der Waals surface area contributed by atoms with Crippen LogP contribution in [0.15, 0.2) is 12.1 Å². The summed E-state index contributed by atoms with van der Waals surface area (Å²) in [6, 6.07) is 3.50. The maximum absolute atomic E-state index is 11.4. The van der Waals surface area contributed by atoms with E-state index in [-0.39, 0.29) is 5.97 Å². The van der Waals surface area contributed by atoms with Gasteiger partial charge in [-0.1, -0.05) is 0 Å². The lowest BCUT2D eigenvalue weighted by atomic mass is 10.1. The highest BCUT2D eigenvalue weighted by Crippen LogP contribution is 2.25. The molecular weight excluding hydrogens is 228 g/mol. The summed E-state index contributed by atoms with van der Waals surface area (Å²) in [5.41, 5.74) is 2.35. The Kier molecular flexibility index (Phi) is 4.62. The Morgan fingerprint density at radius 2 is 1.88 bits per heavy atom. The second kappa shape index (κ2) is 5.75. The molecule has 3 nitrogen and oxygen atoms in total. The first-order valence-electron chi connectivity index (χ1n) is 4.98. The Balaban J connectivity index is 3.02. The minimum Gasteiger partial charge on any atom is -0.492 e. The molecule has 0 aliphatic heterocycles. The van der Waals surface area contributed by atoms with Gasteiger partial charge in [0.05, 0.1) is 18.6 Å². The van der Waals surface area contributed by atoms with Crippen molar-refractivity contribution in [2.45, 2.75) is 13.8 Å². The molecule has 1 aromatic carbocycles. The lowest BCUT2D eigenvalue weighted by Crippen LogP contribution is -2.06. The van der Waals surface area contributed by atoms with Gasteiger partial charge in [-0.15, -0.1) is 11.6 Å². The van der Waals surface area contributed by atoms with Gasteiger partial charge in [0, 0.05) is 0 Å². The van der Waals surface area contributed by atoms with E-state index in [2.05, 4.69) is 4.74 Å². The molecule has 16 heavy (non-hydrogen) atoms. The lowest BCUT2D eigenvalue weighted by Gasteiger charge is -2.12. The van der Waals surface area contributed by atoms with E-state index in [1.165, 1.54) is 7.11 Å². The minimum atomic E-state index is -0.338. The van der Waals surface area contributed by atoms with Crippen LogP contribution in [0, 0.1) is 13.8 Å². The van der Waals surface area contributed by atoms with Gasteiger partial charge in [0.1, 0.15) is 12.4 Å². The van der Waals surface area contributed by atoms with Crippen molar-refractivity contribution in [1.29, 1.82) is 0 Å². The number of hydrogen-bond acceptors (Lipinski definition) is 3. The monoisotopic (exact) mass is 242 g/mol. The zero-order valence-corrected chi connectivity index (χ0v) is 10.4. The maximum Gasteiger partial charge on any atom is 0.337 e. The molecule has 0 heterocycles. The Hall–Kier alpha value is -1.22. The summed E-state index contributed by atoms with van der Waals surface area (Å²) in [6.07, 6.45) is 0. The molecule has 88 valence electrons. The molecule has 0 aliphatic carbocycles. The summed E-state index contributed by atoms with van der Waals surface area (Å²) < 4.78 is 10.2. The summed E-state index contributed by atoms with van der Waals surface area (Å²) in [5.74, 6) is 0.890. The smallest absolute Gasteiger partial charge is 0.337 e. The van der Waals surface area contributed by atoms with Gasteiger partial charge in [-0.2, -0.15) is 0 Å². The Labute approximate surface area is 100 Å². The first-order chi connectivity index (χ1) is 7.60. The van der Waals surface area contributed by atoms with Crippen molar-refractivity contribution < 1.29 is 14.3 Å². The van der Waals surface area contributed by atoms with Crippen LogP contribution < -0.4 is 4.74 Å². The topological polar surface area (TPSA) is 35.5 Å². The van der Waals surface area contributed by atoms with Crippen LogP contribution >= 0.6 is 11.6 Å². The number of ether oxygens (including phenoxy) is 2. The number of carbonyl (C=O) groups is 1. The molecule has 1 rings (SSSR count). The Bertz CT molecular complexity index is 365. The molecule has 0 radical (unpaired) electrons. The molecule has 1 aromatic rings. The second-order valence-electron chi connectivity index (χ2n) is 3.47. The highest BCUT2D eigenvalue weighted by atomic mass is 35.5. The number of aryl methyl sites for hydroxylation is 2. The standard InChI is InChI=1S/C12H15ClO3/c1-8-6-10(12(14)15-3)7-9(2)11(8)16-5-4-13/h6-7H,4-5H2,1-3H3. The Morgan fingerprint density at radius 3 is 2.31 bits per heavy atom. The summed E-state index contributed by atoms with van der Waals surface area (Å²) >= 11 is 5.56. The van der Waals surface area contributed by atoms with E-state index in [0.717, 1.165) is 16.9 Å². The van der Waals surface area contributed by atoms with Crippen molar-refractivity contribution in [1.82, 2.24) is 0 Å². The predicted molar refractivity (Wildman–Crippen MR) is 63.5 cm³/mol. The van der Waals surface area contributed by atoms with E-state index >= 15 is 0 Å². The lowest BCUT2D eigenvalue weighted by molar-refractivity contribution is 0.0600. The fraction of sp³-hybridized carbons (Fsp3) is 0.417. The predicted octanol–water partition coefficient (Wildman–Crippen LogP) is 2.71. The third kappa shape index (κ3) is 2.89. The molecule has 0 N–H and O–H groups in total. The van der Waals surface area contributed by atoms with Crippen LogP contribution in [0.5, 0.6) is 5.75 Å².